The Labute approximate surface area is 64.4 Å². The van der Waals surface area contributed by atoms with E-state index in [1.807, 2.05) is 0 Å². The summed E-state index contributed by atoms with van der Waals surface area (Å²) in [6, 6.07) is 3.40. The van der Waals surface area contributed by atoms with Crippen molar-refractivity contribution >= 4 is 5.69 Å². The molecule has 1 heterocycles. The van der Waals surface area contributed by atoms with Crippen LogP contribution in [-0.4, -0.2) is 12.0 Å². The van der Waals surface area contributed by atoms with Gasteiger partial charge in [-0.1, -0.05) is 0 Å². The largest absolute Gasteiger partial charge is 0.387 e. The van der Waals surface area contributed by atoms with Gasteiger partial charge in [0.25, 0.3) is 6.26 Å². The van der Waals surface area contributed by atoms with Crippen LogP contribution in [0.25, 0.3) is 0 Å². The number of aromatic nitrogens is 1. The van der Waals surface area contributed by atoms with Gasteiger partial charge in [0.15, 0.2) is 0 Å². The molecular formula is C7H7N3O. The molecule has 0 aliphatic rings. The maximum absolute atomic E-state index is 8.12. The first kappa shape index (κ1) is 7.35. The van der Waals surface area contributed by atoms with Gasteiger partial charge in [0.2, 0.25) is 5.88 Å². The predicted molar refractivity (Wildman–Crippen MR) is 40.0 cm³/mol. The van der Waals surface area contributed by atoms with E-state index in [0.29, 0.717) is 5.88 Å². The molecule has 4 heteroatoms. The lowest BCUT2D eigenvalue weighted by Crippen LogP contribution is -1.90. The minimum absolute atomic E-state index is 0.312. The standard InChI is InChI=1S/C7H7N3O/c1-9-6-2-3-7(10-4-6)11-5-8/h2-4,9H,1H3. The van der Waals surface area contributed by atoms with Crippen molar-refractivity contribution in [2.45, 2.75) is 0 Å². The van der Waals surface area contributed by atoms with Gasteiger partial charge in [-0.05, 0) is 6.07 Å². The second kappa shape index (κ2) is 3.42. The molecule has 0 saturated heterocycles. The molecule has 4 nitrogen and oxygen atoms in total. The molecule has 0 unspecified atom stereocenters. The fourth-order valence-corrected chi connectivity index (χ4v) is 0.635. The topological polar surface area (TPSA) is 57.9 Å². The van der Waals surface area contributed by atoms with Crippen LogP contribution in [0.2, 0.25) is 0 Å². The lowest BCUT2D eigenvalue weighted by molar-refractivity contribution is 0.486. The monoisotopic (exact) mass is 149 g/mol. The van der Waals surface area contributed by atoms with E-state index < -0.39 is 0 Å². The van der Waals surface area contributed by atoms with Crippen LogP contribution >= 0.6 is 0 Å². The third-order valence-corrected chi connectivity index (χ3v) is 1.18. The summed E-state index contributed by atoms with van der Waals surface area (Å²) in [6.45, 7) is 0. The number of ether oxygens (including phenoxy) is 1. The molecule has 0 aliphatic carbocycles. The molecule has 0 spiro atoms. The molecule has 0 fully saturated rings. The van der Waals surface area contributed by atoms with Crippen LogP contribution in [0.1, 0.15) is 0 Å². The number of hydrogen-bond acceptors (Lipinski definition) is 4. The number of nitrogens with zero attached hydrogens (tertiary/aromatic N) is 2. The highest BCUT2D eigenvalue weighted by molar-refractivity contribution is 5.41. The molecule has 1 aromatic heterocycles. The van der Waals surface area contributed by atoms with Gasteiger partial charge < -0.3 is 10.1 Å². The summed E-state index contributed by atoms with van der Waals surface area (Å²) in [6.07, 6.45) is 3.13. The van der Waals surface area contributed by atoms with Crippen molar-refractivity contribution in [3.05, 3.63) is 18.3 Å². The van der Waals surface area contributed by atoms with E-state index in [-0.39, 0.29) is 0 Å². The Hall–Kier alpha value is -1.76. The van der Waals surface area contributed by atoms with Gasteiger partial charge in [-0.2, -0.15) is 0 Å². The van der Waals surface area contributed by atoms with Crippen molar-refractivity contribution in [3.63, 3.8) is 0 Å². The van der Waals surface area contributed by atoms with Gasteiger partial charge in [-0.25, -0.2) is 4.98 Å². The Morgan fingerprint density at radius 3 is 2.91 bits per heavy atom. The summed E-state index contributed by atoms with van der Waals surface area (Å²) in [7, 11) is 1.79. The minimum Gasteiger partial charge on any atom is -0.387 e. The third kappa shape index (κ3) is 1.83. The smallest absolute Gasteiger partial charge is 0.293 e. The van der Waals surface area contributed by atoms with Gasteiger partial charge in [-0.3, -0.25) is 0 Å². The van der Waals surface area contributed by atoms with Crippen molar-refractivity contribution in [3.8, 4) is 12.1 Å². The zero-order valence-electron chi connectivity index (χ0n) is 6.03. The normalized spacial score (nSPS) is 8.36. The lowest BCUT2D eigenvalue weighted by Gasteiger charge is -1.97. The first-order valence-electron chi connectivity index (χ1n) is 3.06. The number of anilines is 1. The van der Waals surface area contributed by atoms with Crippen LogP contribution < -0.4 is 10.1 Å². The fourth-order valence-electron chi connectivity index (χ4n) is 0.635. The molecule has 0 atom stereocenters. The van der Waals surface area contributed by atoms with E-state index in [1.165, 1.54) is 6.26 Å². The minimum atomic E-state index is 0.312. The van der Waals surface area contributed by atoms with Gasteiger partial charge in [0.1, 0.15) is 0 Å². The first-order valence-corrected chi connectivity index (χ1v) is 3.06. The van der Waals surface area contributed by atoms with E-state index in [1.54, 1.807) is 25.4 Å². The average molecular weight is 149 g/mol. The van der Waals surface area contributed by atoms with E-state index in [9.17, 15) is 0 Å². The van der Waals surface area contributed by atoms with Crippen LogP contribution in [0.4, 0.5) is 5.69 Å². The van der Waals surface area contributed by atoms with Crippen molar-refractivity contribution in [1.82, 2.24) is 4.98 Å². The van der Waals surface area contributed by atoms with Crippen LogP contribution in [0.3, 0.4) is 0 Å². The summed E-state index contributed by atoms with van der Waals surface area (Å²) in [5.41, 5.74) is 0.885. The molecule has 0 radical (unpaired) electrons. The zero-order valence-corrected chi connectivity index (χ0v) is 6.03. The second-order valence-corrected chi connectivity index (χ2v) is 1.83. The second-order valence-electron chi connectivity index (χ2n) is 1.83. The van der Waals surface area contributed by atoms with Gasteiger partial charge in [0, 0.05) is 13.1 Å². The quantitative estimate of drug-likeness (QED) is 0.637. The highest BCUT2D eigenvalue weighted by Crippen LogP contribution is 2.09. The van der Waals surface area contributed by atoms with Gasteiger partial charge in [-0.15, -0.1) is 5.26 Å². The SMILES string of the molecule is CNc1ccc(OC#N)nc1. The Balaban J connectivity index is 2.76. The lowest BCUT2D eigenvalue weighted by atomic mass is 10.4. The van der Waals surface area contributed by atoms with E-state index in [0.717, 1.165) is 5.69 Å². The molecule has 1 N–H and O–H groups in total. The molecule has 0 amide bonds. The Bertz CT molecular complexity index is 262. The van der Waals surface area contributed by atoms with Crippen molar-refractivity contribution < 1.29 is 4.74 Å². The molecule has 1 aromatic rings. The summed E-state index contributed by atoms with van der Waals surface area (Å²) >= 11 is 0. The van der Waals surface area contributed by atoms with Gasteiger partial charge >= 0.3 is 0 Å². The fraction of sp³-hybridized carbons (Fsp3) is 0.143. The Morgan fingerprint density at radius 2 is 2.45 bits per heavy atom. The number of rotatable bonds is 2. The third-order valence-electron chi connectivity index (χ3n) is 1.18. The number of pyridine rings is 1. The van der Waals surface area contributed by atoms with Crippen molar-refractivity contribution in [2.24, 2.45) is 0 Å². The van der Waals surface area contributed by atoms with Crippen molar-refractivity contribution in [1.29, 1.82) is 5.26 Å². The molecule has 0 aliphatic heterocycles. The Kier molecular flexibility index (Phi) is 2.28. The van der Waals surface area contributed by atoms with Crippen LogP contribution in [-0.2, 0) is 0 Å². The summed E-state index contributed by atoms with van der Waals surface area (Å²) < 4.78 is 4.47. The summed E-state index contributed by atoms with van der Waals surface area (Å²) in [4.78, 5) is 3.83. The molecule has 11 heavy (non-hydrogen) atoms. The first-order chi connectivity index (χ1) is 5.36. The molecule has 0 bridgehead atoms. The highest BCUT2D eigenvalue weighted by atomic mass is 16.5. The van der Waals surface area contributed by atoms with E-state index in [4.69, 9.17) is 5.26 Å². The van der Waals surface area contributed by atoms with Gasteiger partial charge in [0.05, 0.1) is 11.9 Å². The zero-order chi connectivity index (χ0) is 8.10. The summed E-state index contributed by atoms with van der Waals surface area (Å²) in [5.74, 6) is 0.312. The molecule has 0 saturated carbocycles. The molecule has 0 aromatic carbocycles. The highest BCUT2D eigenvalue weighted by Gasteiger charge is 1.92. The van der Waals surface area contributed by atoms with E-state index >= 15 is 0 Å². The maximum Gasteiger partial charge on any atom is 0.293 e. The maximum atomic E-state index is 8.12. The molecule has 1 rings (SSSR count). The van der Waals surface area contributed by atoms with Crippen LogP contribution in [0.15, 0.2) is 18.3 Å². The van der Waals surface area contributed by atoms with Crippen molar-refractivity contribution in [2.75, 3.05) is 12.4 Å². The summed E-state index contributed by atoms with van der Waals surface area (Å²) in [5, 5.41) is 11.0. The average Bonchev–Trinajstić information content (AvgIpc) is 2.07. The number of hydrogen-bond donors (Lipinski definition) is 1. The Morgan fingerprint density at radius 1 is 1.64 bits per heavy atom. The van der Waals surface area contributed by atoms with Crippen LogP contribution in [0, 0.1) is 11.5 Å². The molecule has 56 valence electrons. The molecular weight excluding hydrogens is 142 g/mol. The van der Waals surface area contributed by atoms with Crippen LogP contribution in [0.5, 0.6) is 5.88 Å². The number of nitriles is 1. The number of nitrogens with one attached hydrogen (secondary N) is 1. The predicted octanol–water partition coefficient (Wildman–Crippen LogP) is 0.983. The van der Waals surface area contributed by atoms with E-state index in [2.05, 4.69) is 15.0 Å².